The van der Waals surface area contributed by atoms with Crippen molar-refractivity contribution in [3.63, 3.8) is 0 Å². The number of thiazole rings is 1. The van der Waals surface area contributed by atoms with Crippen LogP contribution in [0.25, 0.3) is 0 Å². The van der Waals surface area contributed by atoms with Gasteiger partial charge in [-0.25, -0.2) is 9.97 Å². The van der Waals surface area contributed by atoms with E-state index in [1.165, 1.54) is 0 Å². The SMILES string of the molecule is CC(CNc1ccc(N)c(C#N)n1)c1nccs1. The van der Waals surface area contributed by atoms with Crippen LogP contribution < -0.4 is 11.1 Å². The molecule has 0 aliphatic rings. The van der Waals surface area contributed by atoms with Gasteiger partial charge in [-0.15, -0.1) is 11.3 Å². The van der Waals surface area contributed by atoms with Gasteiger partial charge in [0.1, 0.15) is 11.9 Å². The molecule has 1 atom stereocenters. The molecular formula is C12H13N5S. The van der Waals surface area contributed by atoms with Crippen molar-refractivity contribution in [3.8, 4) is 6.07 Å². The summed E-state index contributed by atoms with van der Waals surface area (Å²) in [4.78, 5) is 8.39. The molecule has 0 spiro atoms. The topological polar surface area (TPSA) is 87.6 Å². The zero-order valence-electron chi connectivity index (χ0n) is 9.92. The first-order valence-electron chi connectivity index (χ1n) is 5.50. The van der Waals surface area contributed by atoms with E-state index in [1.807, 2.05) is 11.4 Å². The normalized spacial score (nSPS) is 11.8. The Morgan fingerprint density at radius 3 is 3.06 bits per heavy atom. The second-order valence-corrected chi connectivity index (χ2v) is 4.82. The fourth-order valence-electron chi connectivity index (χ4n) is 1.48. The van der Waals surface area contributed by atoms with Crippen molar-refractivity contribution >= 4 is 22.8 Å². The zero-order chi connectivity index (χ0) is 13.0. The number of hydrogen-bond donors (Lipinski definition) is 2. The van der Waals surface area contributed by atoms with Gasteiger partial charge >= 0.3 is 0 Å². The van der Waals surface area contributed by atoms with E-state index in [0.29, 0.717) is 17.4 Å². The molecule has 0 aliphatic carbocycles. The summed E-state index contributed by atoms with van der Waals surface area (Å²) in [6.07, 6.45) is 1.80. The second kappa shape index (κ2) is 5.47. The molecule has 18 heavy (non-hydrogen) atoms. The average molecular weight is 259 g/mol. The van der Waals surface area contributed by atoms with Crippen LogP contribution in [-0.2, 0) is 0 Å². The number of anilines is 2. The first kappa shape index (κ1) is 12.3. The fraction of sp³-hybridized carbons (Fsp3) is 0.250. The van der Waals surface area contributed by atoms with Crippen molar-refractivity contribution in [1.29, 1.82) is 5.26 Å². The predicted molar refractivity (Wildman–Crippen MR) is 72.4 cm³/mol. The van der Waals surface area contributed by atoms with E-state index in [1.54, 1.807) is 29.7 Å². The Morgan fingerprint density at radius 2 is 2.39 bits per heavy atom. The van der Waals surface area contributed by atoms with Gasteiger partial charge in [-0.3, -0.25) is 0 Å². The maximum Gasteiger partial charge on any atom is 0.165 e. The van der Waals surface area contributed by atoms with Gasteiger partial charge in [0, 0.05) is 24.0 Å². The van der Waals surface area contributed by atoms with Crippen LogP contribution in [-0.4, -0.2) is 16.5 Å². The van der Waals surface area contributed by atoms with Crippen LogP contribution in [0.2, 0.25) is 0 Å². The van der Waals surface area contributed by atoms with Crippen LogP contribution in [0.1, 0.15) is 23.5 Å². The van der Waals surface area contributed by atoms with Gasteiger partial charge < -0.3 is 11.1 Å². The van der Waals surface area contributed by atoms with E-state index in [4.69, 9.17) is 11.0 Å². The van der Waals surface area contributed by atoms with Crippen LogP contribution in [0, 0.1) is 11.3 Å². The average Bonchev–Trinajstić information content (AvgIpc) is 2.91. The van der Waals surface area contributed by atoms with Crippen LogP contribution in [0.3, 0.4) is 0 Å². The summed E-state index contributed by atoms with van der Waals surface area (Å²) in [5.74, 6) is 0.957. The molecule has 0 bridgehead atoms. The Kier molecular flexibility index (Phi) is 3.75. The van der Waals surface area contributed by atoms with Crippen molar-refractivity contribution in [3.05, 3.63) is 34.4 Å². The number of nitrogens with one attached hydrogen (secondary N) is 1. The number of hydrogen-bond acceptors (Lipinski definition) is 6. The predicted octanol–water partition coefficient (Wildman–Crippen LogP) is 2.21. The van der Waals surface area contributed by atoms with Gasteiger partial charge in [-0.1, -0.05) is 6.92 Å². The molecule has 0 fully saturated rings. The lowest BCUT2D eigenvalue weighted by Crippen LogP contribution is -2.11. The lowest BCUT2D eigenvalue weighted by molar-refractivity contribution is 0.792. The highest BCUT2D eigenvalue weighted by atomic mass is 32.1. The molecule has 3 N–H and O–H groups in total. The quantitative estimate of drug-likeness (QED) is 0.878. The van der Waals surface area contributed by atoms with E-state index in [0.717, 1.165) is 11.6 Å². The Bertz CT molecular complexity index is 558. The minimum Gasteiger partial charge on any atom is -0.396 e. The summed E-state index contributed by atoms with van der Waals surface area (Å²) in [6, 6.07) is 5.42. The molecule has 0 radical (unpaired) electrons. The molecule has 0 aliphatic heterocycles. The molecule has 6 heteroatoms. The molecule has 0 saturated heterocycles. The number of nitrogens with two attached hydrogens (primary N) is 1. The molecule has 92 valence electrons. The largest absolute Gasteiger partial charge is 0.396 e. The number of pyridine rings is 1. The van der Waals surface area contributed by atoms with Gasteiger partial charge in [0.15, 0.2) is 5.69 Å². The Balaban J connectivity index is 2.01. The summed E-state index contributed by atoms with van der Waals surface area (Å²) < 4.78 is 0. The van der Waals surface area contributed by atoms with Crippen LogP contribution >= 0.6 is 11.3 Å². The van der Waals surface area contributed by atoms with Crippen molar-refractivity contribution in [2.45, 2.75) is 12.8 Å². The maximum absolute atomic E-state index is 8.84. The first-order chi connectivity index (χ1) is 8.70. The fourth-order valence-corrected chi connectivity index (χ4v) is 2.18. The van der Waals surface area contributed by atoms with E-state index < -0.39 is 0 Å². The summed E-state index contributed by atoms with van der Waals surface area (Å²) in [7, 11) is 0. The monoisotopic (exact) mass is 259 g/mol. The Labute approximate surface area is 109 Å². The van der Waals surface area contributed by atoms with E-state index in [2.05, 4.69) is 22.2 Å². The minimum atomic E-state index is 0.252. The number of nitrogens with zero attached hydrogens (tertiary/aromatic N) is 3. The van der Waals surface area contributed by atoms with Crippen LogP contribution in [0.5, 0.6) is 0 Å². The number of aromatic nitrogens is 2. The summed E-state index contributed by atoms with van der Waals surface area (Å²) in [5.41, 5.74) is 6.26. The highest BCUT2D eigenvalue weighted by Gasteiger charge is 2.08. The molecule has 0 saturated carbocycles. The van der Waals surface area contributed by atoms with Crippen LogP contribution in [0.4, 0.5) is 11.5 Å². The maximum atomic E-state index is 8.84. The smallest absolute Gasteiger partial charge is 0.165 e. The van der Waals surface area contributed by atoms with Crippen molar-refractivity contribution in [1.82, 2.24) is 9.97 Å². The minimum absolute atomic E-state index is 0.252. The van der Waals surface area contributed by atoms with E-state index in [-0.39, 0.29) is 5.69 Å². The third-order valence-corrected chi connectivity index (χ3v) is 3.50. The summed E-state index contributed by atoms with van der Waals surface area (Å²) in [5, 5.41) is 15.1. The Morgan fingerprint density at radius 1 is 1.56 bits per heavy atom. The highest BCUT2D eigenvalue weighted by Crippen LogP contribution is 2.18. The molecule has 1 unspecified atom stereocenters. The molecule has 2 aromatic heterocycles. The molecule has 2 rings (SSSR count). The van der Waals surface area contributed by atoms with E-state index in [9.17, 15) is 0 Å². The van der Waals surface area contributed by atoms with Gasteiger partial charge in [-0.2, -0.15) is 5.26 Å². The van der Waals surface area contributed by atoms with Gasteiger partial charge in [-0.05, 0) is 12.1 Å². The summed E-state index contributed by atoms with van der Waals surface area (Å²) in [6.45, 7) is 2.81. The van der Waals surface area contributed by atoms with Crippen molar-refractivity contribution in [2.75, 3.05) is 17.6 Å². The molecule has 0 amide bonds. The summed E-state index contributed by atoms with van der Waals surface area (Å²) >= 11 is 1.63. The van der Waals surface area contributed by atoms with Gasteiger partial charge in [0.05, 0.1) is 10.7 Å². The third-order valence-electron chi connectivity index (χ3n) is 2.49. The zero-order valence-corrected chi connectivity index (χ0v) is 10.7. The standard InChI is InChI=1S/C12H13N5S/c1-8(12-15-4-5-18-12)7-16-11-3-2-9(14)10(6-13)17-11/h2-5,8H,7,14H2,1H3,(H,16,17). The number of nitriles is 1. The van der Waals surface area contributed by atoms with Crippen LogP contribution in [0.15, 0.2) is 23.7 Å². The molecule has 2 heterocycles. The molecule has 0 aromatic carbocycles. The number of rotatable bonds is 4. The van der Waals surface area contributed by atoms with Gasteiger partial charge in [0.25, 0.3) is 0 Å². The molecular weight excluding hydrogens is 246 g/mol. The highest BCUT2D eigenvalue weighted by molar-refractivity contribution is 7.09. The molecule has 5 nitrogen and oxygen atoms in total. The Hall–Kier alpha value is -2.13. The van der Waals surface area contributed by atoms with Crippen molar-refractivity contribution in [2.24, 2.45) is 0 Å². The lowest BCUT2D eigenvalue weighted by Gasteiger charge is -2.11. The number of nitrogen functional groups attached to an aromatic ring is 1. The molecule has 2 aromatic rings. The van der Waals surface area contributed by atoms with E-state index >= 15 is 0 Å². The van der Waals surface area contributed by atoms with Gasteiger partial charge in [0.2, 0.25) is 0 Å². The lowest BCUT2D eigenvalue weighted by atomic mass is 10.2. The second-order valence-electron chi connectivity index (χ2n) is 3.90. The van der Waals surface area contributed by atoms with Crippen molar-refractivity contribution < 1.29 is 0 Å². The first-order valence-corrected chi connectivity index (χ1v) is 6.38. The third kappa shape index (κ3) is 2.76.